The van der Waals surface area contributed by atoms with Crippen LogP contribution in [0.15, 0.2) is 12.3 Å². The van der Waals surface area contributed by atoms with Crippen molar-refractivity contribution in [2.75, 3.05) is 0 Å². The van der Waals surface area contributed by atoms with Crippen LogP contribution in [0.4, 0.5) is 0 Å². The molecule has 12 heavy (non-hydrogen) atoms. The SMILES string of the molecule is NC1(C2(c3ccn[nH]3)CC2)CC1. The van der Waals surface area contributed by atoms with Crippen LogP contribution in [0.25, 0.3) is 0 Å². The van der Waals surface area contributed by atoms with Crippen molar-refractivity contribution >= 4 is 0 Å². The summed E-state index contributed by atoms with van der Waals surface area (Å²) in [6, 6.07) is 2.07. The van der Waals surface area contributed by atoms with Crippen LogP contribution in [-0.2, 0) is 5.41 Å². The van der Waals surface area contributed by atoms with Crippen LogP contribution in [-0.4, -0.2) is 15.7 Å². The summed E-state index contributed by atoms with van der Waals surface area (Å²) in [5.74, 6) is 0. The highest BCUT2D eigenvalue weighted by Gasteiger charge is 2.64. The Morgan fingerprint density at radius 3 is 2.50 bits per heavy atom. The molecule has 2 saturated carbocycles. The summed E-state index contributed by atoms with van der Waals surface area (Å²) >= 11 is 0. The smallest absolute Gasteiger partial charge is 0.0490 e. The summed E-state index contributed by atoms with van der Waals surface area (Å²) < 4.78 is 0. The maximum Gasteiger partial charge on any atom is 0.0490 e. The Balaban J connectivity index is 2.02. The minimum Gasteiger partial charge on any atom is -0.324 e. The number of rotatable bonds is 2. The second-order valence-corrected chi connectivity index (χ2v) is 4.21. The minimum absolute atomic E-state index is 0.111. The van der Waals surface area contributed by atoms with Crippen LogP contribution in [0.1, 0.15) is 31.4 Å². The molecule has 0 unspecified atom stereocenters. The van der Waals surface area contributed by atoms with E-state index in [1.165, 1.54) is 31.4 Å². The minimum atomic E-state index is 0.111. The van der Waals surface area contributed by atoms with E-state index in [2.05, 4.69) is 16.3 Å². The van der Waals surface area contributed by atoms with Crippen molar-refractivity contribution in [2.24, 2.45) is 5.73 Å². The van der Waals surface area contributed by atoms with Gasteiger partial charge in [0.1, 0.15) is 0 Å². The van der Waals surface area contributed by atoms with Crippen molar-refractivity contribution in [3.8, 4) is 0 Å². The van der Waals surface area contributed by atoms with E-state index in [-0.39, 0.29) is 11.0 Å². The highest BCUT2D eigenvalue weighted by Crippen LogP contribution is 2.62. The molecule has 0 atom stereocenters. The van der Waals surface area contributed by atoms with E-state index >= 15 is 0 Å². The third kappa shape index (κ3) is 0.630. The van der Waals surface area contributed by atoms with Crippen LogP contribution in [0.5, 0.6) is 0 Å². The molecule has 2 aliphatic carbocycles. The summed E-state index contributed by atoms with van der Waals surface area (Å²) in [6.07, 6.45) is 6.68. The molecule has 1 aromatic rings. The zero-order valence-corrected chi connectivity index (χ0v) is 7.01. The molecule has 0 radical (unpaired) electrons. The lowest BCUT2D eigenvalue weighted by atomic mass is 9.91. The molecule has 0 amide bonds. The Morgan fingerprint density at radius 2 is 2.08 bits per heavy atom. The number of nitrogens with zero attached hydrogens (tertiary/aromatic N) is 1. The second kappa shape index (κ2) is 1.74. The number of hydrogen-bond donors (Lipinski definition) is 2. The van der Waals surface area contributed by atoms with Crippen LogP contribution in [0.2, 0.25) is 0 Å². The van der Waals surface area contributed by atoms with Crippen molar-refractivity contribution in [1.82, 2.24) is 10.2 Å². The Hall–Kier alpha value is -0.830. The van der Waals surface area contributed by atoms with Gasteiger partial charge in [-0.05, 0) is 31.7 Å². The van der Waals surface area contributed by atoms with E-state index in [0.29, 0.717) is 0 Å². The van der Waals surface area contributed by atoms with Gasteiger partial charge in [-0.3, -0.25) is 5.10 Å². The Labute approximate surface area is 71.3 Å². The zero-order chi connectivity index (χ0) is 8.23. The molecule has 3 N–H and O–H groups in total. The maximum absolute atomic E-state index is 6.23. The molecule has 2 aliphatic rings. The van der Waals surface area contributed by atoms with Gasteiger partial charge in [0.15, 0.2) is 0 Å². The molecule has 3 nitrogen and oxygen atoms in total. The van der Waals surface area contributed by atoms with E-state index in [1.54, 1.807) is 0 Å². The molecule has 0 aromatic carbocycles. The quantitative estimate of drug-likeness (QED) is 0.681. The standard InChI is InChI=1S/C9H13N3/c10-9(4-5-9)8(2-3-8)7-1-6-11-12-7/h1,6H,2-5,10H2,(H,11,12). The van der Waals surface area contributed by atoms with Gasteiger partial charge in [0.25, 0.3) is 0 Å². The van der Waals surface area contributed by atoms with Gasteiger partial charge in [-0.1, -0.05) is 0 Å². The van der Waals surface area contributed by atoms with Gasteiger partial charge in [-0.15, -0.1) is 0 Å². The first-order valence-corrected chi connectivity index (χ1v) is 4.56. The predicted molar refractivity (Wildman–Crippen MR) is 45.7 cm³/mol. The Kier molecular flexibility index (Phi) is 0.966. The third-order valence-corrected chi connectivity index (χ3v) is 3.51. The first kappa shape index (κ1) is 6.66. The highest BCUT2D eigenvalue weighted by molar-refractivity contribution is 5.35. The average Bonchev–Trinajstić information content (AvgIpc) is 2.96. The molecule has 0 bridgehead atoms. The van der Waals surface area contributed by atoms with Gasteiger partial charge >= 0.3 is 0 Å². The van der Waals surface area contributed by atoms with Gasteiger partial charge in [0.05, 0.1) is 0 Å². The second-order valence-electron chi connectivity index (χ2n) is 4.21. The van der Waals surface area contributed by atoms with Crippen LogP contribution in [0.3, 0.4) is 0 Å². The molecule has 64 valence electrons. The predicted octanol–water partition coefficient (Wildman–Crippen LogP) is 0.933. The van der Waals surface area contributed by atoms with Crippen LogP contribution >= 0.6 is 0 Å². The molecule has 3 rings (SSSR count). The molecular weight excluding hydrogens is 150 g/mol. The molecule has 0 saturated heterocycles. The molecular formula is C9H13N3. The fourth-order valence-electron chi connectivity index (χ4n) is 2.30. The van der Waals surface area contributed by atoms with Gasteiger partial charge in [0, 0.05) is 22.8 Å². The molecule has 0 aliphatic heterocycles. The zero-order valence-electron chi connectivity index (χ0n) is 7.01. The number of nitrogens with one attached hydrogen (secondary N) is 1. The first-order chi connectivity index (χ1) is 5.77. The largest absolute Gasteiger partial charge is 0.324 e. The summed E-state index contributed by atoms with van der Waals surface area (Å²) in [5, 5.41) is 7.05. The number of hydrogen-bond acceptors (Lipinski definition) is 2. The summed E-state index contributed by atoms with van der Waals surface area (Å²) in [6.45, 7) is 0. The number of aromatic nitrogens is 2. The van der Waals surface area contributed by atoms with Crippen molar-refractivity contribution in [2.45, 2.75) is 36.6 Å². The third-order valence-electron chi connectivity index (χ3n) is 3.51. The molecule has 3 heteroatoms. The molecule has 1 heterocycles. The monoisotopic (exact) mass is 163 g/mol. The molecule has 2 fully saturated rings. The highest BCUT2D eigenvalue weighted by atomic mass is 15.1. The molecule has 1 aromatic heterocycles. The van der Waals surface area contributed by atoms with Gasteiger partial charge in [-0.25, -0.2) is 0 Å². The number of nitrogens with two attached hydrogens (primary N) is 1. The van der Waals surface area contributed by atoms with Crippen molar-refractivity contribution in [1.29, 1.82) is 0 Å². The summed E-state index contributed by atoms with van der Waals surface area (Å²) in [5.41, 5.74) is 7.87. The lowest BCUT2D eigenvalue weighted by Crippen LogP contribution is -2.37. The first-order valence-electron chi connectivity index (χ1n) is 4.56. The maximum atomic E-state index is 6.23. The topological polar surface area (TPSA) is 54.7 Å². The van der Waals surface area contributed by atoms with E-state index in [0.717, 1.165) is 0 Å². The van der Waals surface area contributed by atoms with Crippen molar-refractivity contribution in [3.05, 3.63) is 18.0 Å². The van der Waals surface area contributed by atoms with E-state index in [1.807, 2.05) is 6.20 Å². The molecule has 0 spiro atoms. The van der Waals surface area contributed by atoms with Gasteiger partial charge < -0.3 is 5.73 Å². The normalized spacial score (nSPS) is 28.4. The van der Waals surface area contributed by atoms with Crippen LogP contribution < -0.4 is 5.73 Å². The number of aromatic amines is 1. The van der Waals surface area contributed by atoms with Gasteiger partial charge in [-0.2, -0.15) is 5.10 Å². The fraction of sp³-hybridized carbons (Fsp3) is 0.667. The number of H-pyrrole nitrogens is 1. The Bertz CT molecular complexity index is 294. The van der Waals surface area contributed by atoms with E-state index in [4.69, 9.17) is 5.73 Å². The Morgan fingerprint density at radius 1 is 1.33 bits per heavy atom. The average molecular weight is 163 g/mol. The van der Waals surface area contributed by atoms with Gasteiger partial charge in [0.2, 0.25) is 0 Å². The fourth-order valence-corrected chi connectivity index (χ4v) is 2.30. The summed E-state index contributed by atoms with van der Waals surface area (Å²) in [4.78, 5) is 0. The van der Waals surface area contributed by atoms with E-state index in [9.17, 15) is 0 Å². The van der Waals surface area contributed by atoms with Crippen molar-refractivity contribution < 1.29 is 0 Å². The lowest BCUT2D eigenvalue weighted by molar-refractivity contribution is 0.490. The van der Waals surface area contributed by atoms with E-state index < -0.39 is 0 Å². The van der Waals surface area contributed by atoms with Crippen LogP contribution in [0, 0.1) is 0 Å². The lowest BCUT2D eigenvalue weighted by Gasteiger charge is -2.20. The van der Waals surface area contributed by atoms with Crippen molar-refractivity contribution in [3.63, 3.8) is 0 Å². The summed E-state index contributed by atoms with van der Waals surface area (Å²) in [7, 11) is 0.